The Hall–Kier alpha value is -1.92. The number of hydrogen-bond donors (Lipinski definition) is 4. The molecule has 0 spiro atoms. The highest BCUT2D eigenvalue weighted by atomic mass is 16.3. The van der Waals surface area contributed by atoms with Gasteiger partial charge >= 0.3 is 0 Å². The van der Waals surface area contributed by atoms with Crippen LogP contribution in [0, 0.1) is 5.92 Å². The lowest BCUT2D eigenvalue weighted by Crippen LogP contribution is -2.33. The minimum atomic E-state index is -0.406. The Kier molecular flexibility index (Phi) is 6.55. The Morgan fingerprint density at radius 1 is 0.968 bits per heavy atom. The predicted octanol–water partition coefficient (Wildman–Crippen LogP) is 2.73. The van der Waals surface area contributed by atoms with Crippen molar-refractivity contribution in [3.05, 3.63) is 64.7 Å². The molecule has 0 bridgehead atoms. The minimum absolute atomic E-state index is 0.379. The normalized spacial score (nSPS) is 24.4. The number of hydrogen-bond acceptors (Lipinski definition) is 5. The second kappa shape index (κ2) is 9.70. The van der Waals surface area contributed by atoms with Gasteiger partial charge in [-0.3, -0.25) is 0 Å². The van der Waals surface area contributed by atoms with Gasteiger partial charge in [-0.15, -0.1) is 0 Å². The van der Waals surface area contributed by atoms with Crippen LogP contribution in [0.1, 0.15) is 47.4 Å². The molecule has 5 nitrogen and oxygen atoms in total. The molecule has 2 saturated heterocycles. The van der Waals surface area contributed by atoms with E-state index in [2.05, 4.69) is 63.3 Å². The summed E-state index contributed by atoms with van der Waals surface area (Å²) in [5.74, 6) is 1.19. The van der Waals surface area contributed by atoms with Crippen LogP contribution in [0.25, 0.3) is 0 Å². The van der Waals surface area contributed by atoms with Crippen LogP contribution in [0.4, 0.5) is 5.69 Å². The Balaban J connectivity index is 1.17. The van der Waals surface area contributed by atoms with Gasteiger partial charge in [0.05, 0.1) is 0 Å². The van der Waals surface area contributed by atoms with Gasteiger partial charge in [0.1, 0.15) is 6.23 Å². The highest BCUT2D eigenvalue weighted by Gasteiger charge is 2.32. The van der Waals surface area contributed by atoms with E-state index in [4.69, 9.17) is 0 Å². The molecule has 3 heterocycles. The molecule has 2 aromatic rings. The first-order valence-electron chi connectivity index (χ1n) is 12.0. The molecule has 166 valence electrons. The third kappa shape index (κ3) is 4.96. The molecule has 0 aromatic heterocycles. The highest BCUT2D eigenvalue weighted by Crippen LogP contribution is 2.35. The van der Waals surface area contributed by atoms with E-state index in [1.807, 2.05) is 0 Å². The number of anilines is 1. The summed E-state index contributed by atoms with van der Waals surface area (Å²) in [5.41, 5.74) is 6.66. The maximum atomic E-state index is 10.8. The lowest BCUT2D eigenvalue weighted by Gasteiger charge is -2.25. The standard InChI is InChI=1S/C26H36N4O/c31-26-14-24(18-30(26)25-6-5-23-17-28-12-9-22(23)13-25)21-3-1-19(2-4-21)15-29-16-20-7-10-27-11-8-20/h1-6,13,20,24,26-29,31H,7-12,14-18H2. The molecule has 31 heavy (non-hydrogen) atoms. The fourth-order valence-electron chi connectivity index (χ4n) is 5.39. The Morgan fingerprint density at radius 2 is 1.81 bits per heavy atom. The molecule has 0 saturated carbocycles. The van der Waals surface area contributed by atoms with Gasteiger partial charge in [0.15, 0.2) is 0 Å². The van der Waals surface area contributed by atoms with Gasteiger partial charge in [0.25, 0.3) is 0 Å². The second-order valence-corrected chi connectivity index (χ2v) is 9.51. The third-order valence-corrected chi connectivity index (χ3v) is 7.35. The van der Waals surface area contributed by atoms with E-state index in [1.54, 1.807) is 0 Å². The van der Waals surface area contributed by atoms with Crippen molar-refractivity contribution in [2.45, 2.75) is 50.9 Å². The monoisotopic (exact) mass is 420 g/mol. The number of rotatable bonds is 6. The molecule has 3 aliphatic rings. The zero-order chi connectivity index (χ0) is 21.0. The SMILES string of the molecule is OC1CC(c2ccc(CNCC3CCNCC3)cc2)CN1c1ccc2c(c1)CCNC2. The van der Waals surface area contributed by atoms with E-state index in [1.165, 1.54) is 35.1 Å². The van der Waals surface area contributed by atoms with Crippen molar-refractivity contribution in [1.82, 2.24) is 16.0 Å². The number of nitrogens with zero attached hydrogens (tertiary/aromatic N) is 1. The summed E-state index contributed by atoms with van der Waals surface area (Å²) in [4.78, 5) is 2.18. The van der Waals surface area contributed by atoms with E-state index in [0.717, 1.165) is 70.3 Å². The summed E-state index contributed by atoms with van der Waals surface area (Å²) >= 11 is 0. The van der Waals surface area contributed by atoms with Crippen molar-refractivity contribution < 1.29 is 5.11 Å². The maximum Gasteiger partial charge on any atom is 0.127 e. The van der Waals surface area contributed by atoms with Gasteiger partial charge in [-0.1, -0.05) is 30.3 Å². The van der Waals surface area contributed by atoms with Crippen LogP contribution in [0.15, 0.2) is 42.5 Å². The van der Waals surface area contributed by atoms with Crippen LogP contribution in [0.3, 0.4) is 0 Å². The molecule has 0 aliphatic carbocycles. The van der Waals surface area contributed by atoms with Gasteiger partial charge in [-0.2, -0.15) is 0 Å². The summed E-state index contributed by atoms with van der Waals surface area (Å²) in [5, 5.41) is 21.3. The molecule has 0 radical (unpaired) electrons. The number of aliphatic hydroxyl groups is 1. The Labute approximate surface area is 186 Å². The van der Waals surface area contributed by atoms with E-state index in [9.17, 15) is 5.11 Å². The fraction of sp³-hybridized carbons (Fsp3) is 0.538. The molecule has 2 fully saturated rings. The molecule has 2 unspecified atom stereocenters. The first kappa shape index (κ1) is 21.0. The van der Waals surface area contributed by atoms with Gasteiger partial charge in [-0.25, -0.2) is 0 Å². The first-order chi connectivity index (χ1) is 15.3. The smallest absolute Gasteiger partial charge is 0.127 e. The van der Waals surface area contributed by atoms with Crippen molar-refractivity contribution in [3.63, 3.8) is 0 Å². The third-order valence-electron chi connectivity index (χ3n) is 7.35. The van der Waals surface area contributed by atoms with Crippen LogP contribution in [-0.4, -0.2) is 44.1 Å². The van der Waals surface area contributed by atoms with Crippen LogP contribution < -0.4 is 20.9 Å². The van der Waals surface area contributed by atoms with Crippen molar-refractivity contribution >= 4 is 5.69 Å². The quantitative estimate of drug-likeness (QED) is 0.579. The van der Waals surface area contributed by atoms with Crippen LogP contribution in [-0.2, 0) is 19.5 Å². The second-order valence-electron chi connectivity index (χ2n) is 9.51. The summed E-state index contributed by atoms with van der Waals surface area (Å²) in [6.45, 7) is 7.26. The molecular formula is C26H36N4O. The summed E-state index contributed by atoms with van der Waals surface area (Å²) < 4.78 is 0. The summed E-state index contributed by atoms with van der Waals surface area (Å²) in [6, 6.07) is 15.7. The average molecular weight is 421 g/mol. The van der Waals surface area contributed by atoms with Gasteiger partial charge in [-0.05, 0) is 85.7 Å². The van der Waals surface area contributed by atoms with E-state index >= 15 is 0 Å². The minimum Gasteiger partial charge on any atom is -0.374 e. The van der Waals surface area contributed by atoms with E-state index in [-0.39, 0.29) is 0 Å². The summed E-state index contributed by atoms with van der Waals surface area (Å²) in [7, 11) is 0. The van der Waals surface area contributed by atoms with Gasteiger partial charge in [0.2, 0.25) is 0 Å². The largest absolute Gasteiger partial charge is 0.374 e. The average Bonchev–Trinajstić information content (AvgIpc) is 3.21. The van der Waals surface area contributed by atoms with E-state index < -0.39 is 6.23 Å². The van der Waals surface area contributed by atoms with Gasteiger partial charge in [0, 0.05) is 37.7 Å². The van der Waals surface area contributed by atoms with Crippen molar-refractivity contribution in [2.24, 2.45) is 5.92 Å². The molecule has 2 atom stereocenters. The maximum absolute atomic E-state index is 10.8. The number of nitrogens with one attached hydrogen (secondary N) is 3. The fourth-order valence-corrected chi connectivity index (χ4v) is 5.39. The lowest BCUT2D eigenvalue weighted by atomic mass is 9.96. The number of aliphatic hydroxyl groups excluding tert-OH is 1. The topological polar surface area (TPSA) is 59.6 Å². The number of benzene rings is 2. The lowest BCUT2D eigenvalue weighted by molar-refractivity contribution is 0.183. The Morgan fingerprint density at radius 3 is 2.65 bits per heavy atom. The van der Waals surface area contributed by atoms with Crippen molar-refractivity contribution in [3.8, 4) is 0 Å². The predicted molar refractivity (Wildman–Crippen MR) is 126 cm³/mol. The van der Waals surface area contributed by atoms with Crippen LogP contribution >= 0.6 is 0 Å². The first-order valence-corrected chi connectivity index (χ1v) is 12.0. The zero-order valence-electron chi connectivity index (χ0n) is 18.4. The van der Waals surface area contributed by atoms with Gasteiger partial charge < -0.3 is 26.0 Å². The number of fused-ring (bicyclic) bond motifs is 1. The molecule has 3 aliphatic heterocycles. The molecule has 0 amide bonds. The van der Waals surface area contributed by atoms with Crippen LogP contribution in [0.5, 0.6) is 0 Å². The van der Waals surface area contributed by atoms with Crippen molar-refractivity contribution in [1.29, 1.82) is 0 Å². The Bertz CT molecular complexity index is 862. The highest BCUT2D eigenvalue weighted by molar-refractivity contribution is 5.53. The summed E-state index contributed by atoms with van der Waals surface area (Å²) in [6.07, 6.45) is 4.03. The molecule has 4 N–H and O–H groups in total. The van der Waals surface area contributed by atoms with Crippen LogP contribution in [0.2, 0.25) is 0 Å². The molecule has 5 rings (SSSR count). The van der Waals surface area contributed by atoms with E-state index in [0.29, 0.717) is 5.92 Å². The molecular weight excluding hydrogens is 384 g/mol. The number of piperidine rings is 1. The van der Waals surface area contributed by atoms with Crippen molar-refractivity contribution in [2.75, 3.05) is 37.6 Å². The molecule has 2 aromatic carbocycles. The molecule has 5 heteroatoms. The zero-order valence-corrected chi connectivity index (χ0v) is 18.4.